The molecular weight excluding hydrogens is 238 g/mol. The molecule has 2 aromatic rings. The highest BCUT2D eigenvalue weighted by atomic mass is 15.3. The Labute approximate surface area is 114 Å². The van der Waals surface area contributed by atoms with Gasteiger partial charge in [0.15, 0.2) is 0 Å². The molecule has 1 N–H and O–H groups in total. The minimum atomic E-state index is 0.224. The molecule has 0 aliphatic carbocycles. The maximum atomic E-state index is 4.61. The summed E-state index contributed by atoms with van der Waals surface area (Å²) in [5.41, 5.74) is 2.17. The van der Waals surface area contributed by atoms with Crippen molar-refractivity contribution in [3.8, 4) is 0 Å². The highest BCUT2D eigenvalue weighted by Gasteiger charge is 2.15. The molecule has 104 valence electrons. The fourth-order valence-electron chi connectivity index (χ4n) is 2.13. The van der Waals surface area contributed by atoms with E-state index < -0.39 is 0 Å². The second-order valence-electron chi connectivity index (χ2n) is 5.11. The maximum Gasteiger partial charge on any atom is 0.0797 e. The molecule has 0 radical (unpaired) electrons. The van der Waals surface area contributed by atoms with E-state index >= 15 is 0 Å². The predicted molar refractivity (Wildman–Crippen MR) is 75.9 cm³/mol. The Kier molecular flexibility index (Phi) is 4.37. The monoisotopic (exact) mass is 261 g/mol. The molecule has 0 fully saturated rings. The van der Waals surface area contributed by atoms with Crippen molar-refractivity contribution < 1.29 is 0 Å². The van der Waals surface area contributed by atoms with Crippen LogP contribution in [0.5, 0.6) is 0 Å². The van der Waals surface area contributed by atoms with Gasteiger partial charge in [-0.2, -0.15) is 10.2 Å². The first-order chi connectivity index (χ1) is 9.10. The van der Waals surface area contributed by atoms with E-state index in [1.807, 2.05) is 28.8 Å². The summed E-state index contributed by atoms with van der Waals surface area (Å²) in [5.74, 6) is 0. The average molecular weight is 261 g/mol. The van der Waals surface area contributed by atoms with Gasteiger partial charge in [-0.3, -0.25) is 9.36 Å². The fraction of sp³-hybridized carbons (Fsp3) is 0.571. The standard InChI is InChI=1S/C14H23N5/c1-5-15-14(13-7-8-18(4)17-13)10-12-6-9-19(16-12)11(2)3/h6-9,11,14-15H,5,10H2,1-4H3. The van der Waals surface area contributed by atoms with E-state index in [-0.39, 0.29) is 6.04 Å². The molecule has 0 aliphatic rings. The lowest BCUT2D eigenvalue weighted by Crippen LogP contribution is -2.24. The van der Waals surface area contributed by atoms with Gasteiger partial charge >= 0.3 is 0 Å². The molecule has 2 heterocycles. The smallest absolute Gasteiger partial charge is 0.0797 e. The van der Waals surface area contributed by atoms with Crippen LogP contribution in [0.2, 0.25) is 0 Å². The number of hydrogen-bond donors (Lipinski definition) is 1. The van der Waals surface area contributed by atoms with E-state index in [0.717, 1.165) is 24.4 Å². The van der Waals surface area contributed by atoms with Gasteiger partial charge in [0.2, 0.25) is 0 Å². The summed E-state index contributed by atoms with van der Waals surface area (Å²) < 4.78 is 3.84. The Bertz CT molecular complexity index is 511. The number of rotatable bonds is 6. The summed E-state index contributed by atoms with van der Waals surface area (Å²) in [6.07, 6.45) is 4.89. The number of hydrogen-bond acceptors (Lipinski definition) is 3. The number of aryl methyl sites for hydroxylation is 1. The lowest BCUT2D eigenvalue weighted by molar-refractivity contribution is 0.498. The van der Waals surface area contributed by atoms with Gasteiger partial charge in [-0.1, -0.05) is 6.92 Å². The van der Waals surface area contributed by atoms with Crippen molar-refractivity contribution in [3.63, 3.8) is 0 Å². The molecule has 0 amide bonds. The molecule has 19 heavy (non-hydrogen) atoms. The lowest BCUT2D eigenvalue weighted by Gasteiger charge is -2.14. The number of aromatic nitrogens is 4. The molecule has 1 unspecified atom stereocenters. The van der Waals surface area contributed by atoms with Crippen molar-refractivity contribution in [2.45, 2.75) is 39.3 Å². The molecule has 0 saturated carbocycles. The maximum absolute atomic E-state index is 4.61. The zero-order chi connectivity index (χ0) is 13.8. The molecule has 5 heteroatoms. The minimum Gasteiger partial charge on any atom is -0.309 e. The van der Waals surface area contributed by atoms with Crippen LogP contribution < -0.4 is 5.32 Å². The van der Waals surface area contributed by atoms with E-state index in [1.165, 1.54) is 0 Å². The van der Waals surface area contributed by atoms with Gasteiger partial charge in [-0.15, -0.1) is 0 Å². The zero-order valence-corrected chi connectivity index (χ0v) is 12.2. The molecule has 2 rings (SSSR count). The van der Waals surface area contributed by atoms with Gasteiger partial charge in [0.1, 0.15) is 0 Å². The predicted octanol–water partition coefficient (Wildman–Crippen LogP) is 2.09. The number of nitrogens with zero attached hydrogens (tertiary/aromatic N) is 4. The summed E-state index contributed by atoms with van der Waals surface area (Å²) in [6.45, 7) is 7.31. The average Bonchev–Trinajstić information content (AvgIpc) is 2.97. The summed E-state index contributed by atoms with van der Waals surface area (Å²) in [4.78, 5) is 0. The first-order valence-electron chi connectivity index (χ1n) is 6.87. The number of nitrogens with one attached hydrogen (secondary N) is 1. The summed E-state index contributed by atoms with van der Waals surface area (Å²) in [6, 6.07) is 4.78. The van der Waals surface area contributed by atoms with Crippen LogP contribution in [0.25, 0.3) is 0 Å². The number of likely N-dealkylation sites (N-methyl/N-ethyl adjacent to an activating group) is 1. The Morgan fingerprint density at radius 1 is 1.21 bits per heavy atom. The van der Waals surface area contributed by atoms with Crippen molar-refractivity contribution in [3.05, 3.63) is 35.9 Å². The second kappa shape index (κ2) is 6.02. The normalized spacial score (nSPS) is 13.1. The minimum absolute atomic E-state index is 0.224. The Morgan fingerprint density at radius 2 is 2.00 bits per heavy atom. The van der Waals surface area contributed by atoms with E-state index in [0.29, 0.717) is 6.04 Å². The van der Waals surface area contributed by atoms with Crippen molar-refractivity contribution in [2.24, 2.45) is 7.05 Å². The van der Waals surface area contributed by atoms with Gasteiger partial charge < -0.3 is 5.32 Å². The second-order valence-corrected chi connectivity index (χ2v) is 5.11. The third kappa shape index (κ3) is 3.44. The van der Waals surface area contributed by atoms with E-state index in [4.69, 9.17) is 0 Å². The summed E-state index contributed by atoms with van der Waals surface area (Å²) in [7, 11) is 1.94. The largest absolute Gasteiger partial charge is 0.309 e. The third-order valence-corrected chi connectivity index (χ3v) is 3.15. The topological polar surface area (TPSA) is 47.7 Å². The van der Waals surface area contributed by atoms with Crippen LogP contribution in [-0.4, -0.2) is 26.1 Å². The molecule has 0 saturated heterocycles. The Balaban J connectivity index is 2.11. The van der Waals surface area contributed by atoms with Crippen LogP contribution >= 0.6 is 0 Å². The van der Waals surface area contributed by atoms with Crippen LogP contribution in [0, 0.1) is 0 Å². The van der Waals surface area contributed by atoms with Gasteiger partial charge in [-0.25, -0.2) is 0 Å². The summed E-state index contributed by atoms with van der Waals surface area (Å²) >= 11 is 0. The van der Waals surface area contributed by atoms with Crippen molar-refractivity contribution in [2.75, 3.05) is 6.54 Å². The zero-order valence-electron chi connectivity index (χ0n) is 12.2. The van der Waals surface area contributed by atoms with Gasteiger partial charge in [-0.05, 0) is 32.5 Å². The van der Waals surface area contributed by atoms with Crippen LogP contribution in [0.15, 0.2) is 24.5 Å². The van der Waals surface area contributed by atoms with Crippen molar-refractivity contribution >= 4 is 0 Å². The highest BCUT2D eigenvalue weighted by Crippen LogP contribution is 2.16. The van der Waals surface area contributed by atoms with Crippen LogP contribution in [0.1, 0.15) is 44.2 Å². The molecule has 0 spiro atoms. The van der Waals surface area contributed by atoms with Crippen LogP contribution in [0.4, 0.5) is 0 Å². The highest BCUT2D eigenvalue weighted by molar-refractivity contribution is 5.11. The first-order valence-corrected chi connectivity index (χ1v) is 6.87. The Morgan fingerprint density at radius 3 is 2.53 bits per heavy atom. The SMILES string of the molecule is CCNC(Cc1ccn(C(C)C)n1)c1ccn(C)n1. The van der Waals surface area contributed by atoms with E-state index in [2.05, 4.69) is 48.4 Å². The molecule has 0 aromatic carbocycles. The van der Waals surface area contributed by atoms with E-state index in [9.17, 15) is 0 Å². The van der Waals surface area contributed by atoms with E-state index in [1.54, 1.807) is 0 Å². The summed E-state index contributed by atoms with van der Waals surface area (Å²) in [5, 5.41) is 12.6. The molecule has 0 aliphatic heterocycles. The fourth-order valence-corrected chi connectivity index (χ4v) is 2.13. The molecular formula is C14H23N5. The van der Waals surface area contributed by atoms with Gasteiger partial charge in [0.05, 0.1) is 17.4 Å². The molecule has 2 aromatic heterocycles. The van der Waals surface area contributed by atoms with Crippen molar-refractivity contribution in [1.29, 1.82) is 0 Å². The van der Waals surface area contributed by atoms with Crippen LogP contribution in [0.3, 0.4) is 0 Å². The first kappa shape index (κ1) is 13.8. The van der Waals surface area contributed by atoms with Crippen LogP contribution in [-0.2, 0) is 13.5 Å². The lowest BCUT2D eigenvalue weighted by atomic mass is 10.1. The third-order valence-electron chi connectivity index (χ3n) is 3.15. The molecule has 0 bridgehead atoms. The van der Waals surface area contributed by atoms with Crippen molar-refractivity contribution in [1.82, 2.24) is 24.9 Å². The van der Waals surface area contributed by atoms with Gasteiger partial charge in [0.25, 0.3) is 0 Å². The van der Waals surface area contributed by atoms with Gasteiger partial charge in [0, 0.05) is 31.9 Å². The molecule has 1 atom stereocenters. The molecule has 5 nitrogen and oxygen atoms in total. The quantitative estimate of drug-likeness (QED) is 0.866. The Hall–Kier alpha value is -1.62.